The minimum Gasteiger partial charge on any atom is -0.357 e. The van der Waals surface area contributed by atoms with Crippen LogP contribution in [0, 0.1) is 5.92 Å². The lowest BCUT2D eigenvalue weighted by Gasteiger charge is -2.30. The zero-order valence-electron chi connectivity index (χ0n) is 15.8. The first kappa shape index (κ1) is 22.7. The third kappa shape index (κ3) is 9.80. The quantitative estimate of drug-likeness (QED) is 0.244. The summed E-state index contributed by atoms with van der Waals surface area (Å²) >= 11 is 1.82. The van der Waals surface area contributed by atoms with E-state index in [0.717, 1.165) is 37.9 Å². The number of piperidine rings is 1. The average Bonchev–Trinajstić information content (AvgIpc) is 3.08. The summed E-state index contributed by atoms with van der Waals surface area (Å²) < 4.78 is 0. The molecule has 0 aromatic carbocycles. The summed E-state index contributed by atoms with van der Waals surface area (Å²) in [5, 5.41) is 8.92. The molecule has 0 aliphatic carbocycles. The molecule has 4 nitrogen and oxygen atoms in total. The Bertz CT molecular complexity index is 464. The fourth-order valence-corrected chi connectivity index (χ4v) is 3.94. The van der Waals surface area contributed by atoms with Crippen LogP contribution in [0.4, 0.5) is 0 Å². The second-order valence-electron chi connectivity index (χ2n) is 6.77. The second-order valence-corrected chi connectivity index (χ2v) is 7.80. The molecular weight excluding hydrogens is 443 g/mol. The lowest BCUT2D eigenvalue weighted by molar-refractivity contribution is 0.181. The second kappa shape index (κ2) is 13.8. The minimum atomic E-state index is 0. The van der Waals surface area contributed by atoms with Gasteiger partial charge in [-0.3, -0.25) is 4.99 Å². The molecule has 1 fully saturated rings. The minimum absolute atomic E-state index is 0. The lowest BCUT2D eigenvalue weighted by atomic mass is 10.0. The van der Waals surface area contributed by atoms with Gasteiger partial charge in [0.05, 0.1) is 0 Å². The van der Waals surface area contributed by atoms with Crippen LogP contribution in [-0.4, -0.2) is 50.1 Å². The van der Waals surface area contributed by atoms with Crippen LogP contribution in [0.1, 0.15) is 44.4 Å². The monoisotopic (exact) mass is 478 g/mol. The van der Waals surface area contributed by atoms with Gasteiger partial charge in [0.2, 0.25) is 0 Å². The molecule has 1 aliphatic rings. The predicted molar refractivity (Wildman–Crippen MR) is 121 cm³/mol. The number of guanidine groups is 1. The van der Waals surface area contributed by atoms with Crippen molar-refractivity contribution in [2.24, 2.45) is 10.9 Å². The Morgan fingerprint density at radius 3 is 2.96 bits per heavy atom. The van der Waals surface area contributed by atoms with E-state index in [2.05, 4.69) is 46.9 Å². The fraction of sp³-hybridized carbons (Fsp3) is 0.737. The van der Waals surface area contributed by atoms with Gasteiger partial charge >= 0.3 is 0 Å². The van der Waals surface area contributed by atoms with E-state index in [4.69, 9.17) is 4.99 Å². The summed E-state index contributed by atoms with van der Waals surface area (Å²) in [6.07, 6.45) is 6.27. The number of nitrogens with one attached hydrogen (secondary N) is 2. The van der Waals surface area contributed by atoms with Crippen LogP contribution < -0.4 is 10.6 Å². The van der Waals surface area contributed by atoms with E-state index in [1.54, 1.807) is 0 Å². The van der Waals surface area contributed by atoms with Gasteiger partial charge in [-0.2, -0.15) is 0 Å². The normalized spacial score (nSPS) is 18.6. The Labute approximate surface area is 174 Å². The molecule has 0 bridgehead atoms. The van der Waals surface area contributed by atoms with Crippen molar-refractivity contribution in [1.82, 2.24) is 15.5 Å². The maximum Gasteiger partial charge on any atom is 0.191 e. The zero-order chi connectivity index (χ0) is 17.0. The van der Waals surface area contributed by atoms with Gasteiger partial charge in [0.1, 0.15) is 0 Å². The molecule has 0 saturated carbocycles. The Balaban J connectivity index is 0.00000312. The van der Waals surface area contributed by atoms with E-state index < -0.39 is 0 Å². The lowest BCUT2D eigenvalue weighted by Crippen LogP contribution is -2.38. The molecule has 1 aliphatic heterocycles. The Morgan fingerprint density at radius 1 is 1.36 bits per heavy atom. The Hall–Kier alpha value is -0.340. The van der Waals surface area contributed by atoms with Crippen molar-refractivity contribution < 1.29 is 0 Å². The summed E-state index contributed by atoms with van der Waals surface area (Å²) in [4.78, 5) is 8.76. The first-order valence-electron chi connectivity index (χ1n) is 9.55. The third-order valence-corrected chi connectivity index (χ3v) is 5.42. The summed E-state index contributed by atoms with van der Waals surface area (Å²) in [6, 6.07) is 4.31. The van der Waals surface area contributed by atoms with Crippen LogP contribution in [0.3, 0.4) is 0 Å². The van der Waals surface area contributed by atoms with Crippen LogP contribution >= 0.6 is 35.3 Å². The summed E-state index contributed by atoms with van der Waals surface area (Å²) in [7, 11) is 0. The highest BCUT2D eigenvalue weighted by atomic mass is 127. The van der Waals surface area contributed by atoms with Crippen LogP contribution in [0.5, 0.6) is 0 Å². The van der Waals surface area contributed by atoms with Gasteiger partial charge < -0.3 is 15.5 Å². The van der Waals surface area contributed by atoms with E-state index in [0.29, 0.717) is 0 Å². The molecule has 1 saturated heterocycles. The summed E-state index contributed by atoms with van der Waals surface area (Å²) in [5.74, 6) is 1.84. The Kier molecular flexibility index (Phi) is 12.5. The first-order chi connectivity index (χ1) is 11.8. The van der Waals surface area contributed by atoms with Crippen molar-refractivity contribution in [3.63, 3.8) is 0 Å². The van der Waals surface area contributed by atoms with E-state index in [-0.39, 0.29) is 24.0 Å². The largest absolute Gasteiger partial charge is 0.357 e. The van der Waals surface area contributed by atoms with E-state index in [1.165, 1.54) is 50.2 Å². The summed E-state index contributed by atoms with van der Waals surface area (Å²) in [5.41, 5.74) is 0. The molecule has 2 heterocycles. The van der Waals surface area contributed by atoms with Gasteiger partial charge in [-0.05, 0) is 69.5 Å². The van der Waals surface area contributed by atoms with Gasteiger partial charge in [0.15, 0.2) is 5.96 Å². The number of thiophene rings is 1. The molecule has 0 spiro atoms. The van der Waals surface area contributed by atoms with Gasteiger partial charge in [-0.1, -0.05) is 13.0 Å². The number of likely N-dealkylation sites (tertiary alicyclic amines) is 1. The number of nitrogens with zero attached hydrogens (tertiary/aromatic N) is 2. The maximum atomic E-state index is 4.71. The van der Waals surface area contributed by atoms with E-state index in [1.807, 2.05) is 11.3 Å². The third-order valence-electron chi connectivity index (χ3n) is 4.48. The highest BCUT2D eigenvalue weighted by Crippen LogP contribution is 2.15. The molecule has 2 rings (SSSR count). The zero-order valence-corrected chi connectivity index (χ0v) is 18.9. The molecule has 1 unspecified atom stereocenters. The van der Waals surface area contributed by atoms with Crippen LogP contribution in [0.15, 0.2) is 22.5 Å². The molecule has 0 radical (unpaired) electrons. The number of halogens is 1. The van der Waals surface area contributed by atoms with Crippen LogP contribution in [-0.2, 0) is 6.42 Å². The van der Waals surface area contributed by atoms with Crippen molar-refractivity contribution in [1.29, 1.82) is 0 Å². The number of rotatable bonds is 9. The molecular formula is C19H35IN4S. The average molecular weight is 478 g/mol. The van der Waals surface area contributed by atoms with Gasteiger partial charge in [-0.15, -0.1) is 35.3 Å². The van der Waals surface area contributed by atoms with Crippen LogP contribution in [0.2, 0.25) is 0 Å². The van der Waals surface area contributed by atoms with E-state index >= 15 is 0 Å². The molecule has 0 amide bonds. The predicted octanol–water partition coefficient (Wildman–Crippen LogP) is 3.98. The topological polar surface area (TPSA) is 39.7 Å². The van der Waals surface area contributed by atoms with Gasteiger partial charge in [0.25, 0.3) is 0 Å². The van der Waals surface area contributed by atoms with Crippen molar-refractivity contribution in [3.05, 3.63) is 22.4 Å². The number of aliphatic imine (C=N–C) groups is 1. The van der Waals surface area contributed by atoms with Crippen molar-refractivity contribution >= 4 is 41.3 Å². The van der Waals surface area contributed by atoms with Crippen molar-refractivity contribution in [2.45, 2.75) is 46.0 Å². The molecule has 1 atom stereocenters. The Morgan fingerprint density at radius 2 is 2.24 bits per heavy atom. The molecule has 2 N–H and O–H groups in total. The van der Waals surface area contributed by atoms with Crippen molar-refractivity contribution in [2.75, 3.05) is 39.3 Å². The number of unbranched alkanes of at least 4 members (excludes halogenated alkanes) is 1. The smallest absolute Gasteiger partial charge is 0.191 e. The summed E-state index contributed by atoms with van der Waals surface area (Å²) in [6.45, 7) is 11.1. The first-order valence-corrected chi connectivity index (χ1v) is 10.4. The maximum absolute atomic E-state index is 4.71. The molecule has 25 heavy (non-hydrogen) atoms. The van der Waals surface area contributed by atoms with Crippen molar-refractivity contribution in [3.8, 4) is 0 Å². The molecule has 1 aromatic rings. The molecule has 144 valence electrons. The highest BCUT2D eigenvalue weighted by Gasteiger charge is 2.15. The fourth-order valence-electron chi connectivity index (χ4n) is 3.23. The standard InChI is InChI=1S/C19H34N4S.HI/c1-3-20-19(22-12-10-18-9-7-15-24-18)21-11-4-5-13-23-14-6-8-17(2)16-23;/h7,9,15,17H,3-6,8,10-14,16H2,1-2H3,(H2,20,21,22);1H. The van der Waals surface area contributed by atoms with Crippen LogP contribution in [0.25, 0.3) is 0 Å². The molecule has 1 aromatic heterocycles. The van der Waals surface area contributed by atoms with E-state index in [9.17, 15) is 0 Å². The van der Waals surface area contributed by atoms with Gasteiger partial charge in [-0.25, -0.2) is 0 Å². The number of hydrogen-bond acceptors (Lipinski definition) is 3. The number of hydrogen-bond donors (Lipinski definition) is 2. The SMILES string of the molecule is CCNC(=NCCCCN1CCCC(C)C1)NCCc1cccs1.I. The molecule has 6 heteroatoms. The van der Waals surface area contributed by atoms with Gasteiger partial charge in [0, 0.05) is 31.1 Å². The highest BCUT2D eigenvalue weighted by molar-refractivity contribution is 14.0.